The lowest BCUT2D eigenvalue weighted by atomic mass is 10.1. The Balaban J connectivity index is 1.86. The van der Waals surface area contributed by atoms with E-state index in [-0.39, 0.29) is 0 Å². The molecule has 1 heterocycles. The second kappa shape index (κ2) is 5.97. The van der Waals surface area contributed by atoms with E-state index < -0.39 is 0 Å². The van der Waals surface area contributed by atoms with Crippen molar-refractivity contribution >= 4 is 21.6 Å². The van der Waals surface area contributed by atoms with Crippen molar-refractivity contribution in [2.45, 2.75) is 6.54 Å². The average Bonchev–Trinajstić information content (AvgIpc) is 3.01. The molecule has 0 atom stereocenters. The number of halogens is 1. The summed E-state index contributed by atoms with van der Waals surface area (Å²) in [5, 5.41) is 3.46. The molecule has 0 fully saturated rings. The summed E-state index contributed by atoms with van der Waals surface area (Å²) in [6.45, 7) is 0.788. The molecule has 0 aliphatic carbocycles. The molecule has 0 amide bonds. The highest BCUT2D eigenvalue weighted by Gasteiger charge is 2.08. The van der Waals surface area contributed by atoms with E-state index in [1.54, 1.807) is 6.26 Å². The molecule has 3 rings (SSSR count). The van der Waals surface area contributed by atoms with Crippen LogP contribution in [0.1, 0.15) is 5.56 Å². The first-order chi connectivity index (χ1) is 9.83. The molecular formula is C17H14BrNO. The second-order valence-corrected chi connectivity index (χ2v) is 5.42. The zero-order chi connectivity index (χ0) is 13.8. The van der Waals surface area contributed by atoms with Crippen LogP contribution in [0.25, 0.3) is 11.3 Å². The van der Waals surface area contributed by atoms with Gasteiger partial charge in [0.25, 0.3) is 0 Å². The molecule has 3 heteroatoms. The van der Waals surface area contributed by atoms with Crippen LogP contribution in [-0.4, -0.2) is 0 Å². The van der Waals surface area contributed by atoms with Crippen LogP contribution in [0.5, 0.6) is 0 Å². The standard InChI is InChI=1S/C17H14BrNO/c18-14-8-9-16(15(11-14)17-7-4-10-20-17)19-12-13-5-2-1-3-6-13/h1-11,19H,12H2. The number of nitrogens with one attached hydrogen (secondary N) is 1. The van der Waals surface area contributed by atoms with Crippen LogP contribution in [-0.2, 0) is 6.54 Å². The zero-order valence-electron chi connectivity index (χ0n) is 10.8. The summed E-state index contributed by atoms with van der Waals surface area (Å²) in [7, 11) is 0. The van der Waals surface area contributed by atoms with Crippen LogP contribution >= 0.6 is 15.9 Å². The number of rotatable bonds is 4. The predicted molar refractivity (Wildman–Crippen MR) is 85.6 cm³/mol. The molecule has 20 heavy (non-hydrogen) atoms. The summed E-state index contributed by atoms with van der Waals surface area (Å²) in [5.41, 5.74) is 3.37. The van der Waals surface area contributed by atoms with Gasteiger partial charge in [-0.05, 0) is 35.9 Å². The van der Waals surface area contributed by atoms with Crippen molar-refractivity contribution in [2.75, 3.05) is 5.32 Å². The first kappa shape index (κ1) is 13.0. The summed E-state index contributed by atoms with van der Waals surface area (Å²) in [6.07, 6.45) is 1.69. The van der Waals surface area contributed by atoms with Gasteiger partial charge in [-0.1, -0.05) is 46.3 Å². The molecule has 100 valence electrons. The van der Waals surface area contributed by atoms with Gasteiger partial charge in [-0.3, -0.25) is 0 Å². The topological polar surface area (TPSA) is 25.2 Å². The van der Waals surface area contributed by atoms with Crippen LogP contribution in [0.15, 0.2) is 75.8 Å². The largest absolute Gasteiger partial charge is 0.464 e. The van der Waals surface area contributed by atoms with Crippen molar-refractivity contribution < 1.29 is 4.42 Å². The van der Waals surface area contributed by atoms with Crippen LogP contribution < -0.4 is 5.32 Å². The quantitative estimate of drug-likeness (QED) is 0.701. The third-order valence-corrected chi connectivity index (χ3v) is 3.59. The highest BCUT2D eigenvalue weighted by atomic mass is 79.9. The minimum absolute atomic E-state index is 0.788. The van der Waals surface area contributed by atoms with E-state index in [9.17, 15) is 0 Å². The van der Waals surface area contributed by atoms with E-state index in [4.69, 9.17) is 4.42 Å². The monoisotopic (exact) mass is 327 g/mol. The van der Waals surface area contributed by atoms with E-state index >= 15 is 0 Å². The molecule has 0 aliphatic rings. The van der Waals surface area contributed by atoms with Gasteiger partial charge < -0.3 is 9.73 Å². The molecule has 0 unspecified atom stereocenters. The van der Waals surface area contributed by atoms with Gasteiger partial charge in [-0.25, -0.2) is 0 Å². The number of furan rings is 1. The SMILES string of the molecule is Brc1ccc(NCc2ccccc2)c(-c2ccco2)c1. The summed E-state index contributed by atoms with van der Waals surface area (Å²) >= 11 is 3.51. The molecule has 2 aromatic carbocycles. The summed E-state index contributed by atoms with van der Waals surface area (Å²) in [5.74, 6) is 0.863. The Kier molecular flexibility index (Phi) is 3.88. The lowest BCUT2D eigenvalue weighted by Crippen LogP contribution is -2.00. The van der Waals surface area contributed by atoms with Gasteiger partial charge in [0.15, 0.2) is 0 Å². The maximum Gasteiger partial charge on any atom is 0.135 e. The van der Waals surface area contributed by atoms with Crippen molar-refractivity contribution in [3.63, 3.8) is 0 Å². The van der Waals surface area contributed by atoms with Gasteiger partial charge in [0, 0.05) is 22.3 Å². The van der Waals surface area contributed by atoms with Gasteiger partial charge in [-0.15, -0.1) is 0 Å². The van der Waals surface area contributed by atoms with Crippen LogP contribution in [0.3, 0.4) is 0 Å². The Labute approximate surface area is 126 Å². The molecule has 0 spiro atoms. The molecule has 0 saturated carbocycles. The summed E-state index contributed by atoms with van der Waals surface area (Å²) < 4.78 is 6.54. The Morgan fingerprint density at radius 2 is 1.80 bits per heavy atom. The molecule has 0 aliphatic heterocycles. The van der Waals surface area contributed by atoms with Gasteiger partial charge in [0.05, 0.1) is 6.26 Å². The molecule has 1 N–H and O–H groups in total. The molecule has 2 nitrogen and oxygen atoms in total. The first-order valence-electron chi connectivity index (χ1n) is 6.44. The molecular weight excluding hydrogens is 314 g/mol. The van der Waals surface area contributed by atoms with Gasteiger partial charge in [0.2, 0.25) is 0 Å². The lowest BCUT2D eigenvalue weighted by Gasteiger charge is -2.11. The van der Waals surface area contributed by atoms with Crippen LogP contribution in [0, 0.1) is 0 Å². The molecule has 0 saturated heterocycles. The Hall–Kier alpha value is -2.00. The summed E-state index contributed by atoms with van der Waals surface area (Å²) in [6, 6.07) is 20.4. The number of anilines is 1. The Morgan fingerprint density at radius 1 is 0.950 bits per heavy atom. The number of hydrogen-bond donors (Lipinski definition) is 1. The predicted octanol–water partition coefficient (Wildman–Crippen LogP) is 5.32. The van der Waals surface area contributed by atoms with Crippen molar-refractivity contribution in [3.05, 3.63) is 77.0 Å². The van der Waals surface area contributed by atoms with Gasteiger partial charge in [-0.2, -0.15) is 0 Å². The van der Waals surface area contributed by atoms with Crippen LogP contribution in [0.2, 0.25) is 0 Å². The maximum absolute atomic E-state index is 5.51. The van der Waals surface area contributed by atoms with Crippen molar-refractivity contribution in [1.29, 1.82) is 0 Å². The third kappa shape index (κ3) is 2.94. The van der Waals surface area contributed by atoms with Crippen LogP contribution in [0.4, 0.5) is 5.69 Å². The fraction of sp³-hybridized carbons (Fsp3) is 0.0588. The molecule has 0 radical (unpaired) electrons. The number of hydrogen-bond acceptors (Lipinski definition) is 2. The second-order valence-electron chi connectivity index (χ2n) is 4.51. The fourth-order valence-electron chi connectivity index (χ4n) is 2.10. The molecule has 3 aromatic rings. The highest BCUT2D eigenvalue weighted by Crippen LogP contribution is 2.31. The first-order valence-corrected chi connectivity index (χ1v) is 7.23. The minimum atomic E-state index is 0.788. The van der Waals surface area contributed by atoms with E-state index in [1.165, 1.54) is 5.56 Å². The molecule has 0 bridgehead atoms. The minimum Gasteiger partial charge on any atom is -0.464 e. The van der Waals surface area contributed by atoms with E-state index in [0.717, 1.165) is 28.0 Å². The van der Waals surface area contributed by atoms with Gasteiger partial charge in [0.1, 0.15) is 5.76 Å². The van der Waals surface area contributed by atoms with Gasteiger partial charge >= 0.3 is 0 Å². The van der Waals surface area contributed by atoms with E-state index in [1.807, 2.05) is 36.4 Å². The van der Waals surface area contributed by atoms with Crippen molar-refractivity contribution in [2.24, 2.45) is 0 Å². The highest BCUT2D eigenvalue weighted by molar-refractivity contribution is 9.10. The Morgan fingerprint density at radius 3 is 2.55 bits per heavy atom. The molecule has 1 aromatic heterocycles. The zero-order valence-corrected chi connectivity index (χ0v) is 12.4. The van der Waals surface area contributed by atoms with E-state index in [0.29, 0.717) is 0 Å². The lowest BCUT2D eigenvalue weighted by molar-refractivity contribution is 0.582. The summed E-state index contributed by atoms with van der Waals surface area (Å²) in [4.78, 5) is 0. The van der Waals surface area contributed by atoms with E-state index in [2.05, 4.69) is 45.5 Å². The van der Waals surface area contributed by atoms with Crippen molar-refractivity contribution in [1.82, 2.24) is 0 Å². The Bertz CT molecular complexity index is 677. The fourth-order valence-corrected chi connectivity index (χ4v) is 2.46. The average molecular weight is 328 g/mol. The smallest absolute Gasteiger partial charge is 0.135 e. The number of benzene rings is 2. The van der Waals surface area contributed by atoms with Crippen molar-refractivity contribution in [3.8, 4) is 11.3 Å². The third-order valence-electron chi connectivity index (χ3n) is 3.09. The maximum atomic E-state index is 5.51. The normalized spacial score (nSPS) is 10.4.